The van der Waals surface area contributed by atoms with Crippen LogP contribution in [0.15, 0.2) is 10.9 Å². The summed E-state index contributed by atoms with van der Waals surface area (Å²) in [4.78, 5) is 6.98. The zero-order valence-electron chi connectivity index (χ0n) is 11.1. The van der Waals surface area contributed by atoms with Crippen molar-refractivity contribution in [3.05, 3.63) is 16.6 Å². The topological polar surface area (TPSA) is 28.2 Å². The molecular formula is C13H23N3S. The van der Waals surface area contributed by atoms with Gasteiger partial charge < -0.3 is 5.32 Å². The zero-order chi connectivity index (χ0) is 12.3. The molecule has 4 heteroatoms. The van der Waals surface area contributed by atoms with Crippen molar-refractivity contribution in [3.8, 4) is 0 Å². The van der Waals surface area contributed by atoms with E-state index < -0.39 is 0 Å². The van der Waals surface area contributed by atoms with Crippen LogP contribution in [0, 0.1) is 0 Å². The van der Waals surface area contributed by atoms with Gasteiger partial charge in [-0.25, -0.2) is 4.98 Å². The molecule has 1 saturated heterocycles. The maximum Gasteiger partial charge on any atom is 0.0794 e. The first-order chi connectivity index (χ1) is 8.11. The van der Waals surface area contributed by atoms with Gasteiger partial charge >= 0.3 is 0 Å². The highest BCUT2D eigenvalue weighted by Crippen LogP contribution is 2.17. The Balaban J connectivity index is 1.91. The van der Waals surface area contributed by atoms with Crippen molar-refractivity contribution in [1.29, 1.82) is 0 Å². The predicted octanol–water partition coefficient (Wildman–Crippen LogP) is 2.15. The molecule has 0 bridgehead atoms. The van der Waals surface area contributed by atoms with Gasteiger partial charge in [0.1, 0.15) is 0 Å². The van der Waals surface area contributed by atoms with Crippen LogP contribution in [0.4, 0.5) is 0 Å². The maximum atomic E-state index is 4.36. The molecule has 1 fully saturated rings. The van der Waals surface area contributed by atoms with E-state index in [9.17, 15) is 0 Å². The summed E-state index contributed by atoms with van der Waals surface area (Å²) < 4.78 is 0. The highest BCUT2D eigenvalue weighted by Gasteiger charge is 2.31. The smallest absolute Gasteiger partial charge is 0.0794 e. The van der Waals surface area contributed by atoms with Crippen LogP contribution < -0.4 is 5.32 Å². The van der Waals surface area contributed by atoms with E-state index in [1.807, 2.05) is 5.51 Å². The second-order valence-corrected chi connectivity index (χ2v) is 6.25. The van der Waals surface area contributed by atoms with Crippen LogP contribution in [0.2, 0.25) is 0 Å². The van der Waals surface area contributed by atoms with Crippen molar-refractivity contribution in [2.24, 2.45) is 0 Å². The Morgan fingerprint density at radius 3 is 3.06 bits per heavy atom. The summed E-state index contributed by atoms with van der Waals surface area (Å²) in [6.07, 6.45) is 2.30. The number of thiazole rings is 1. The van der Waals surface area contributed by atoms with E-state index in [4.69, 9.17) is 0 Å². The van der Waals surface area contributed by atoms with Gasteiger partial charge in [-0.1, -0.05) is 6.92 Å². The minimum absolute atomic E-state index is 0.244. The summed E-state index contributed by atoms with van der Waals surface area (Å²) in [7, 11) is 0. The molecule has 0 saturated carbocycles. The van der Waals surface area contributed by atoms with Gasteiger partial charge in [0.2, 0.25) is 0 Å². The predicted molar refractivity (Wildman–Crippen MR) is 73.6 cm³/mol. The van der Waals surface area contributed by atoms with Crippen LogP contribution in [0.5, 0.6) is 0 Å². The fourth-order valence-corrected chi connectivity index (χ4v) is 3.09. The number of nitrogens with zero attached hydrogens (tertiary/aromatic N) is 2. The molecule has 1 aromatic heterocycles. The number of nitrogens with one attached hydrogen (secondary N) is 1. The van der Waals surface area contributed by atoms with E-state index in [1.54, 1.807) is 11.3 Å². The normalized spacial score (nSPS) is 25.0. The van der Waals surface area contributed by atoms with Gasteiger partial charge in [-0.3, -0.25) is 4.90 Å². The van der Waals surface area contributed by atoms with E-state index in [1.165, 1.54) is 12.1 Å². The summed E-state index contributed by atoms with van der Waals surface area (Å²) in [6.45, 7) is 10.2. The average molecular weight is 253 g/mol. The van der Waals surface area contributed by atoms with E-state index in [0.717, 1.165) is 26.1 Å². The third kappa shape index (κ3) is 3.50. The number of piperazine rings is 1. The molecule has 1 atom stereocenters. The van der Waals surface area contributed by atoms with Gasteiger partial charge in [0.25, 0.3) is 0 Å². The Morgan fingerprint density at radius 2 is 2.41 bits per heavy atom. The molecule has 2 heterocycles. The SMILES string of the molecule is CCC1CNC(C)(C)CN1CCc1cscn1. The fourth-order valence-electron chi connectivity index (χ4n) is 2.50. The second-order valence-electron chi connectivity index (χ2n) is 5.53. The molecule has 0 radical (unpaired) electrons. The van der Waals surface area contributed by atoms with Gasteiger partial charge in [-0.05, 0) is 20.3 Å². The highest BCUT2D eigenvalue weighted by molar-refractivity contribution is 7.07. The Labute approximate surface area is 108 Å². The van der Waals surface area contributed by atoms with Gasteiger partial charge in [-0.2, -0.15) is 0 Å². The van der Waals surface area contributed by atoms with Crippen molar-refractivity contribution in [2.45, 2.75) is 45.2 Å². The van der Waals surface area contributed by atoms with Crippen molar-refractivity contribution < 1.29 is 0 Å². The minimum atomic E-state index is 0.244. The van der Waals surface area contributed by atoms with E-state index in [0.29, 0.717) is 6.04 Å². The van der Waals surface area contributed by atoms with Crippen molar-refractivity contribution in [3.63, 3.8) is 0 Å². The van der Waals surface area contributed by atoms with Gasteiger partial charge in [0, 0.05) is 43.0 Å². The van der Waals surface area contributed by atoms with E-state index in [-0.39, 0.29) is 5.54 Å². The molecule has 1 aliphatic heterocycles. The first-order valence-corrected chi connectivity index (χ1v) is 7.41. The van der Waals surface area contributed by atoms with Gasteiger partial charge in [0.05, 0.1) is 11.2 Å². The number of hydrogen-bond donors (Lipinski definition) is 1. The third-order valence-electron chi connectivity index (χ3n) is 3.54. The quantitative estimate of drug-likeness (QED) is 0.891. The lowest BCUT2D eigenvalue weighted by Crippen LogP contribution is -2.61. The van der Waals surface area contributed by atoms with Crippen molar-refractivity contribution in [1.82, 2.24) is 15.2 Å². The maximum absolute atomic E-state index is 4.36. The number of hydrogen-bond acceptors (Lipinski definition) is 4. The molecule has 0 spiro atoms. The molecule has 96 valence electrons. The Hall–Kier alpha value is -0.450. The lowest BCUT2D eigenvalue weighted by atomic mass is 9.97. The first-order valence-electron chi connectivity index (χ1n) is 6.47. The molecule has 17 heavy (non-hydrogen) atoms. The van der Waals surface area contributed by atoms with Gasteiger partial charge in [0.15, 0.2) is 0 Å². The largest absolute Gasteiger partial charge is 0.309 e. The standard InChI is InChI=1S/C13H23N3S/c1-4-12-7-15-13(2,3)9-16(12)6-5-11-8-17-10-14-11/h8,10,12,15H,4-7,9H2,1-3H3. The summed E-state index contributed by atoms with van der Waals surface area (Å²) in [6, 6.07) is 0.682. The molecule has 1 aliphatic rings. The molecule has 0 aromatic carbocycles. The molecule has 0 aliphatic carbocycles. The third-order valence-corrected chi connectivity index (χ3v) is 4.18. The Morgan fingerprint density at radius 1 is 1.59 bits per heavy atom. The molecule has 0 amide bonds. The molecular weight excluding hydrogens is 230 g/mol. The van der Waals surface area contributed by atoms with Crippen LogP contribution in [-0.4, -0.2) is 41.1 Å². The highest BCUT2D eigenvalue weighted by atomic mass is 32.1. The summed E-state index contributed by atoms with van der Waals surface area (Å²) in [5.41, 5.74) is 3.41. The number of aromatic nitrogens is 1. The second kappa shape index (κ2) is 5.46. The fraction of sp³-hybridized carbons (Fsp3) is 0.769. The molecule has 2 rings (SSSR count). The summed E-state index contributed by atoms with van der Waals surface area (Å²) in [5.74, 6) is 0. The molecule has 1 aromatic rings. The lowest BCUT2D eigenvalue weighted by Gasteiger charge is -2.44. The lowest BCUT2D eigenvalue weighted by molar-refractivity contribution is 0.0937. The zero-order valence-corrected chi connectivity index (χ0v) is 11.9. The number of rotatable bonds is 4. The Bertz CT molecular complexity index is 334. The monoisotopic (exact) mass is 253 g/mol. The van der Waals surface area contributed by atoms with E-state index >= 15 is 0 Å². The molecule has 1 N–H and O–H groups in total. The van der Waals surface area contributed by atoms with Crippen LogP contribution >= 0.6 is 11.3 Å². The molecule has 3 nitrogen and oxygen atoms in total. The van der Waals surface area contributed by atoms with Crippen LogP contribution in [0.3, 0.4) is 0 Å². The van der Waals surface area contributed by atoms with Crippen molar-refractivity contribution >= 4 is 11.3 Å². The molecule has 1 unspecified atom stereocenters. The van der Waals surface area contributed by atoms with Crippen molar-refractivity contribution in [2.75, 3.05) is 19.6 Å². The first kappa shape index (κ1) is 13.0. The van der Waals surface area contributed by atoms with Crippen LogP contribution in [0.25, 0.3) is 0 Å². The van der Waals surface area contributed by atoms with E-state index in [2.05, 4.69) is 41.4 Å². The van der Waals surface area contributed by atoms with Crippen LogP contribution in [0.1, 0.15) is 32.9 Å². The summed E-state index contributed by atoms with van der Waals surface area (Å²) >= 11 is 1.69. The Kier molecular flexibility index (Phi) is 4.17. The summed E-state index contributed by atoms with van der Waals surface area (Å²) in [5, 5.41) is 5.79. The van der Waals surface area contributed by atoms with Gasteiger partial charge in [-0.15, -0.1) is 11.3 Å². The minimum Gasteiger partial charge on any atom is -0.309 e. The van der Waals surface area contributed by atoms with Crippen LogP contribution in [-0.2, 0) is 6.42 Å². The average Bonchev–Trinajstić information content (AvgIpc) is 2.78.